The van der Waals surface area contributed by atoms with Gasteiger partial charge in [0.1, 0.15) is 19.0 Å². The predicted octanol–water partition coefficient (Wildman–Crippen LogP) is 5.60. The first-order valence-corrected chi connectivity index (χ1v) is 12.3. The van der Waals surface area contributed by atoms with Gasteiger partial charge < -0.3 is 25.0 Å². The number of aromatic hydroxyl groups is 1. The number of phenolic OH excluding ortho intramolecular Hbond substituents is 1. The Morgan fingerprint density at radius 1 is 0.811 bits per heavy atom. The Hall–Kier alpha value is -4.00. The summed E-state index contributed by atoms with van der Waals surface area (Å²) in [5, 5.41) is 23.7. The molecule has 0 spiro atoms. The highest BCUT2D eigenvalue weighted by Gasteiger charge is 2.18. The molecule has 37 heavy (non-hydrogen) atoms. The fourth-order valence-corrected chi connectivity index (χ4v) is 4.01. The summed E-state index contributed by atoms with van der Waals surface area (Å²) in [5.74, 6) is 0.269. The minimum atomic E-state index is -1.32. The summed E-state index contributed by atoms with van der Waals surface area (Å²) in [6.07, 6.45) is -0.922. The van der Waals surface area contributed by atoms with Gasteiger partial charge in [-0.05, 0) is 46.9 Å². The molecule has 0 aliphatic carbocycles. The number of amides is 1. The van der Waals surface area contributed by atoms with E-state index in [1.54, 1.807) is 30.3 Å². The largest absolute Gasteiger partial charge is 0.504 e. The van der Waals surface area contributed by atoms with E-state index < -0.39 is 12.0 Å². The first kappa shape index (κ1) is 26.1. The zero-order valence-corrected chi connectivity index (χ0v) is 20.9. The summed E-state index contributed by atoms with van der Waals surface area (Å²) in [7, 11) is 0. The van der Waals surface area contributed by atoms with E-state index in [1.165, 1.54) is 6.07 Å². The number of hydrogen-bond acceptors (Lipinski definition) is 5. The number of ether oxygens (including phenoxy) is 2. The SMILES string of the molecule is O=C(NCCc1ccc(O)c(OCc2ccccc2)c1Cl)C(O)c1ccc(OCc2ccccc2)cc1. The second kappa shape index (κ2) is 12.8. The van der Waals surface area contributed by atoms with E-state index in [4.69, 9.17) is 21.1 Å². The Morgan fingerprint density at radius 2 is 1.41 bits per heavy atom. The van der Waals surface area contributed by atoms with Crippen molar-refractivity contribution in [2.45, 2.75) is 25.7 Å². The molecule has 0 aliphatic rings. The first-order valence-electron chi connectivity index (χ1n) is 11.9. The minimum absolute atomic E-state index is 0.0552. The van der Waals surface area contributed by atoms with Crippen molar-refractivity contribution in [2.24, 2.45) is 0 Å². The van der Waals surface area contributed by atoms with Gasteiger partial charge in [-0.2, -0.15) is 0 Å². The van der Waals surface area contributed by atoms with Gasteiger partial charge in [0.05, 0.1) is 5.02 Å². The number of nitrogens with one attached hydrogen (secondary N) is 1. The van der Waals surface area contributed by atoms with Crippen LogP contribution in [-0.2, 0) is 24.4 Å². The molecule has 0 aliphatic heterocycles. The Morgan fingerprint density at radius 3 is 2.03 bits per heavy atom. The van der Waals surface area contributed by atoms with Gasteiger partial charge in [-0.15, -0.1) is 0 Å². The Labute approximate surface area is 221 Å². The van der Waals surface area contributed by atoms with Gasteiger partial charge in [-0.25, -0.2) is 0 Å². The van der Waals surface area contributed by atoms with Crippen molar-refractivity contribution in [2.75, 3.05) is 6.54 Å². The molecule has 190 valence electrons. The van der Waals surface area contributed by atoms with Crippen LogP contribution in [0.5, 0.6) is 17.2 Å². The second-order valence-electron chi connectivity index (χ2n) is 8.45. The molecule has 3 N–H and O–H groups in total. The van der Waals surface area contributed by atoms with Crippen LogP contribution in [0.15, 0.2) is 97.1 Å². The van der Waals surface area contributed by atoms with Crippen LogP contribution in [0.1, 0.15) is 28.4 Å². The minimum Gasteiger partial charge on any atom is -0.504 e. The summed E-state index contributed by atoms with van der Waals surface area (Å²) in [5.41, 5.74) is 3.16. The van der Waals surface area contributed by atoms with Crippen molar-refractivity contribution in [3.05, 3.63) is 124 Å². The van der Waals surface area contributed by atoms with Crippen molar-refractivity contribution < 1.29 is 24.5 Å². The van der Waals surface area contributed by atoms with Gasteiger partial charge in [0.15, 0.2) is 17.6 Å². The first-order chi connectivity index (χ1) is 18.0. The van der Waals surface area contributed by atoms with Gasteiger partial charge in [0.25, 0.3) is 5.91 Å². The summed E-state index contributed by atoms with van der Waals surface area (Å²) in [6.45, 7) is 0.940. The number of halogens is 1. The molecule has 1 unspecified atom stereocenters. The molecule has 7 heteroatoms. The molecule has 0 saturated carbocycles. The van der Waals surface area contributed by atoms with Crippen LogP contribution >= 0.6 is 11.6 Å². The van der Waals surface area contributed by atoms with Gasteiger partial charge in [-0.3, -0.25) is 4.79 Å². The third-order valence-corrected chi connectivity index (χ3v) is 6.18. The lowest BCUT2D eigenvalue weighted by Gasteiger charge is -2.15. The van der Waals surface area contributed by atoms with Crippen LogP contribution in [0.2, 0.25) is 5.02 Å². The maximum Gasteiger partial charge on any atom is 0.253 e. The van der Waals surface area contributed by atoms with Gasteiger partial charge >= 0.3 is 0 Å². The smallest absolute Gasteiger partial charge is 0.253 e. The molecule has 0 aromatic heterocycles. The number of rotatable bonds is 11. The Balaban J connectivity index is 1.27. The van der Waals surface area contributed by atoms with Crippen LogP contribution in [0, 0.1) is 0 Å². The van der Waals surface area contributed by atoms with Crippen LogP contribution in [-0.4, -0.2) is 22.7 Å². The highest BCUT2D eigenvalue weighted by Crippen LogP contribution is 2.37. The molecule has 0 bridgehead atoms. The average Bonchev–Trinajstić information content (AvgIpc) is 2.94. The molecule has 1 amide bonds. The molecule has 4 aromatic rings. The topological polar surface area (TPSA) is 88.0 Å². The normalized spacial score (nSPS) is 11.5. The number of aliphatic hydroxyl groups is 1. The monoisotopic (exact) mass is 517 g/mol. The van der Waals surface area contributed by atoms with Crippen LogP contribution < -0.4 is 14.8 Å². The molecule has 1 atom stereocenters. The predicted molar refractivity (Wildman–Crippen MR) is 143 cm³/mol. The highest BCUT2D eigenvalue weighted by molar-refractivity contribution is 6.33. The highest BCUT2D eigenvalue weighted by atomic mass is 35.5. The second-order valence-corrected chi connectivity index (χ2v) is 8.83. The number of aliphatic hydroxyl groups excluding tert-OH is 1. The van der Waals surface area contributed by atoms with Crippen LogP contribution in [0.25, 0.3) is 0 Å². The lowest BCUT2D eigenvalue weighted by Crippen LogP contribution is -2.31. The van der Waals surface area contributed by atoms with E-state index in [9.17, 15) is 15.0 Å². The van der Waals surface area contributed by atoms with Gasteiger partial charge in [0.2, 0.25) is 0 Å². The van der Waals surface area contributed by atoms with E-state index in [2.05, 4.69) is 5.32 Å². The number of hydrogen-bond donors (Lipinski definition) is 3. The number of carbonyl (C=O) groups excluding carboxylic acids is 1. The molecular weight excluding hydrogens is 490 g/mol. The Kier molecular flexibility index (Phi) is 9.03. The fraction of sp³-hybridized carbons (Fsp3) is 0.167. The summed E-state index contributed by atoms with van der Waals surface area (Å²) in [4.78, 5) is 12.5. The van der Waals surface area contributed by atoms with Gasteiger partial charge in [0, 0.05) is 6.54 Å². The van der Waals surface area contributed by atoms with E-state index in [0.717, 1.165) is 11.1 Å². The van der Waals surface area contributed by atoms with Crippen molar-refractivity contribution >= 4 is 17.5 Å². The third kappa shape index (κ3) is 7.26. The fourth-order valence-electron chi connectivity index (χ4n) is 3.70. The van der Waals surface area contributed by atoms with Crippen molar-refractivity contribution in [1.82, 2.24) is 5.32 Å². The Bertz CT molecular complexity index is 1300. The van der Waals surface area contributed by atoms with Crippen LogP contribution in [0.3, 0.4) is 0 Å². The quantitative estimate of drug-likeness (QED) is 0.241. The third-order valence-electron chi connectivity index (χ3n) is 5.77. The standard InChI is InChI=1S/C30H28ClNO5/c31-27-23(13-16-26(33)29(27)37-20-22-9-5-2-6-10-22)17-18-32-30(35)28(34)24-11-14-25(15-12-24)36-19-21-7-3-1-4-8-21/h1-16,28,33-34H,17-20H2,(H,32,35). The van der Waals surface area contributed by atoms with E-state index in [1.807, 2.05) is 60.7 Å². The molecule has 4 rings (SSSR count). The number of phenols is 1. The molecule has 4 aromatic carbocycles. The van der Waals surface area contributed by atoms with Gasteiger partial charge in [-0.1, -0.05) is 90.5 Å². The molecular formula is C30H28ClNO5. The van der Waals surface area contributed by atoms with Crippen molar-refractivity contribution in [3.8, 4) is 17.2 Å². The lowest BCUT2D eigenvalue weighted by atomic mass is 10.1. The summed E-state index contributed by atoms with van der Waals surface area (Å²) >= 11 is 6.47. The van der Waals surface area contributed by atoms with E-state index in [-0.39, 0.29) is 29.7 Å². The molecule has 0 radical (unpaired) electrons. The number of carbonyl (C=O) groups is 1. The maximum absolute atomic E-state index is 12.5. The molecule has 0 heterocycles. The number of benzene rings is 4. The van der Waals surface area contributed by atoms with Crippen molar-refractivity contribution in [3.63, 3.8) is 0 Å². The maximum atomic E-state index is 12.5. The average molecular weight is 518 g/mol. The zero-order chi connectivity index (χ0) is 26.0. The molecule has 0 saturated heterocycles. The molecule has 0 fully saturated rings. The van der Waals surface area contributed by atoms with E-state index >= 15 is 0 Å². The molecule has 6 nitrogen and oxygen atoms in total. The van der Waals surface area contributed by atoms with E-state index in [0.29, 0.717) is 29.9 Å². The van der Waals surface area contributed by atoms with Crippen LogP contribution in [0.4, 0.5) is 0 Å². The lowest BCUT2D eigenvalue weighted by molar-refractivity contribution is -0.129. The summed E-state index contributed by atoms with van der Waals surface area (Å²) < 4.78 is 11.5. The zero-order valence-electron chi connectivity index (χ0n) is 20.1. The summed E-state index contributed by atoms with van der Waals surface area (Å²) in [6, 6.07) is 29.3. The van der Waals surface area contributed by atoms with Crippen molar-refractivity contribution in [1.29, 1.82) is 0 Å².